The van der Waals surface area contributed by atoms with Gasteiger partial charge in [-0.3, -0.25) is 68.6 Å². The van der Waals surface area contributed by atoms with Crippen molar-refractivity contribution in [1.82, 2.24) is 46.1 Å². The average molecular weight is 1330 g/mol. The Morgan fingerprint density at radius 3 is 2.00 bits per heavy atom. The number of carbonyl (C=O) groups is 9. The van der Waals surface area contributed by atoms with Crippen LogP contribution in [0.4, 0.5) is 0 Å². The van der Waals surface area contributed by atoms with Crippen LogP contribution in [0.15, 0.2) is 24.3 Å². The number of rotatable bonds is 43. The molecular weight excluding hydrogens is 1210 g/mol. The van der Waals surface area contributed by atoms with Crippen LogP contribution in [0.2, 0.25) is 0 Å². The molecule has 534 valence electrons. The molecule has 1 aromatic rings. The van der Waals surface area contributed by atoms with Crippen molar-refractivity contribution in [2.24, 2.45) is 35.0 Å². The number of likely N-dealkylation sites (N-methyl/N-ethyl adjacent to an activating group) is 2. The van der Waals surface area contributed by atoms with E-state index >= 15 is 0 Å². The topological polar surface area (TPSA) is 273 Å². The Morgan fingerprint density at radius 1 is 0.755 bits per heavy atom. The second-order valence-electron chi connectivity index (χ2n) is 26.9. The van der Waals surface area contributed by atoms with E-state index in [9.17, 15) is 43.2 Å². The van der Waals surface area contributed by atoms with Crippen molar-refractivity contribution in [2.75, 3.05) is 101 Å². The van der Waals surface area contributed by atoms with E-state index in [0.29, 0.717) is 51.9 Å². The van der Waals surface area contributed by atoms with Crippen molar-refractivity contribution < 1.29 is 71.7 Å². The number of hydrogen-bond donors (Lipinski definition) is 4. The number of aryl methyl sites for hydroxylation is 1. The molecule has 3 aliphatic rings. The molecule has 1 unspecified atom stereocenters. The fourth-order valence-electron chi connectivity index (χ4n) is 13.2. The van der Waals surface area contributed by atoms with Gasteiger partial charge in [-0.2, -0.15) is 0 Å². The van der Waals surface area contributed by atoms with Gasteiger partial charge in [0.15, 0.2) is 0 Å². The molecule has 0 spiro atoms. The van der Waals surface area contributed by atoms with Gasteiger partial charge < -0.3 is 44.1 Å². The quantitative estimate of drug-likeness (QED) is 0.0322. The van der Waals surface area contributed by atoms with Crippen LogP contribution in [0.3, 0.4) is 0 Å². The smallest absolute Gasteiger partial charge is 0.269 e. The molecule has 3 fully saturated rings. The molecule has 0 radical (unpaired) electrons. The van der Waals surface area contributed by atoms with Crippen LogP contribution in [0.5, 0.6) is 0 Å². The van der Waals surface area contributed by atoms with Gasteiger partial charge in [-0.25, -0.2) is 5.06 Å². The third kappa shape index (κ3) is 24.2. The van der Waals surface area contributed by atoms with Gasteiger partial charge in [0, 0.05) is 53.6 Å². The zero-order valence-corrected chi connectivity index (χ0v) is 59.7. The minimum Gasteiger partial charge on any atom is -0.379 e. The van der Waals surface area contributed by atoms with Gasteiger partial charge in [0.25, 0.3) is 5.91 Å². The Labute approximate surface area is 561 Å². The first-order chi connectivity index (χ1) is 44.8. The number of hydrogen-bond acceptors (Lipinski definition) is 16. The first-order valence-electron chi connectivity index (χ1n) is 34.9. The second-order valence-corrected chi connectivity index (χ2v) is 26.9. The first-order valence-corrected chi connectivity index (χ1v) is 34.9. The molecule has 0 aromatic heterocycles. The summed E-state index contributed by atoms with van der Waals surface area (Å²) in [7, 11) is 6.56. The molecule has 94 heavy (non-hydrogen) atoms. The molecular formula is C70H119N9O15. The highest BCUT2D eigenvalue weighted by Crippen LogP contribution is 2.41. The van der Waals surface area contributed by atoms with Crippen molar-refractivity contribution in [3.8, 4) is 0 Å². The van der Waals surface area contributed by atoms with Gasteiger partial charge >= 0.3 is 0 Å². The summed E-state index contributed by atoms with van der Waals surface area (Å²) < 4.78 is 28.9. The summed E-state index contributed by atoms with van der Waals surface area (Å²) in [5.41, 5.74) is 6.76. The Bertz CT molecular complexity index is 2550. The molecule has 0 aliphatic carbocycles. The maximum Gasteiger partial charge on any atom is 0.269 e. The number of unbranched alkanes of at least 4 members (excludes halogenated alkanes) is 1. The Hall–Kier alpha value is -5.63. The van der Waals surface area contributed by atoms with Gasteiger partial charge in [-0.05, 0) is 106 Å². The number of hydrazine groups is 1. The van der Waals surface area contributed by atoms with Crippen LogP contribution in [-0.4, -0.2) is 221 Å². The van der Waals surface area contributed by atoms with Gasteiger partial charge in [0.1, 0.15) is 12.1 Å². The van der Waals surface area contributed by atoms with Crippen LogP contribution in [0.1, 0.15) is 177 Å². The summed E-state index contributed by atoms with van der Waals surface area (Å²) in [5, 5.41) is 7.52. The Morgan fingerprint density at radius 2 is 1.40 bits per heavy atom. The largest absolute Gasteiger partial charge is 0.379 e. The minimum atomic E-state index is -0.931. The van der Waals surface area contributed by atoms with Crippen molar-refractivity contribution in [1.29, 1.82) is 0 Å². The van der Waals surface area contributed by atoms with E-state index in [2.05, 4.69) is 47.5 Å². The SMILES string of the molecule is CCCCc1cccc(C[C@H](NC(=O)[C@H](C)[C@@H](OC)[C@@H]2CCCN2C(=O)C[C@@H](OC)[C@H]([C@@H](C)CC)N(C)C(=O)[C@@H](NC(=O)[C@H](C(C)C)N(C)CCCC(=O)NNC(=O)CCOCCOCCOCCN2C(=O)CC(C(C)(CC)CC)C2=O)C(C)C)C(=O)N2CCCCO2)c1. The van der Waals surface area contributed by atoms with E-state index < -0.39 is 60.1 Å². The highest BCUT2D eigenvalue weighted by molar-refractivity contribution is 6.04. The third-order valence-electron chi connectivity index (χ3n) is 19.6. The van der Waals surface area contributed by atoms with Crippen LogP contribution >= 0.6 is 0 Å². The molecule has 4 rings (SSSR count). The number of benzene rings is 1. The van der Waals surface area contributed by atoms with Crippen LogP contribution < -0.4 is 21.5 Å². The molecule has 0 saturated carbocycles. The van der Waals surface area contributed by atoms with Gasteiger partial charge in [-0.15, -0.1) is 0 Å². The molecule has 0 bridgehead atoms. The number of carbonyl (C=O) groups excluding carboxylic acids is 9. The van der Waals surface area contributed by atoms with E-state index in [1.165, 1.54) is 29.7 Å². The summed E-state index contributed by atoms with van der Waals surface area (Å²) in [4.78, 5) is 135. The van der Waals surface area contributed by atoms with Crippen molar-refractivity contribution in [2.45, 2.75) is 221 Å². The van der Waals surface area contributed by atoms with Crippen molar-refractivity contribution in [3.63, 3.8) is 0 Å². The molecule has 3 saturated heterocycles. The fourth-order valence-corrected chi connectivity index (χ4v) is 13.2. The molecule has 24 nitrogen and oxygen atoms in total. The van der Waals surface area contributed by atoms with E-state index in [1.807, 2.05) is 72.4 Å². The maximum atomic E-state index is 14.8. The summed E-state index contributed by atoms with van der Waals surface area (Å²) in [6.45, 7) is 24.9. The Kier molecular flexibility index (Phi) is 35.6. The zero-order chi connectivity index (χ0) is 69.7. The standard InChI is InChI=1S/C70H119N9O15/c1-16-20-26-51-27-23-28-52(43-51)44-54(68(87)79-34-21-22-36-94-79)71-65(84)50(10)64(90-15)55-29-24-33-77(55)60(83)46-56(89-14)63(49(9)17-2)76(13)69(88)61(47(5)6)72-66(85)62(48(7)8)75(12)32-25-30-57(80)73-74-58(81)31-37-91-39-41-93-42-40-92-38-35-78-59(82)45-53(67(78)86)70(11,18-3)19-4/h23,27-28,43,47-50,53-56,61-64H,16-22,24-26,29-42,44-46H2,1-15H3,(H,71,84)(H,72,85)(H,73,80)(H,74,81)/t49-,50+,53?,54-,55-,56+,61-,62-,63-,64+/m0/s1. The molecule has 9 amide bonds. The lowest BCUT2D eigenvalue weighted by Crippen LogP contribution is -2.60. The normalized spacial score (nSPS) is 18.8. The number of likely N-dealkylation sites (tertiary alicyclic amines) is 2. The molecule has 3 heterocycles. The van der Waals surface area contributed by atoms with E-state index in [-0.39, 0.29) is 149 Å². The summed E-state index contributed by atoms with van der Waals surface area (Å²) in [6, 6.07) is 4.63. The fraction of sp³-hybridized carbons (Fsp3) is 0.786. The van der Waals surface area contributed by atoms with Crippen LogP contribution in [0, 0.1) is 35.0 Å². The summed E-state index contributed by atoms with van der Waals surface area (Å²) in [5.74, 6) is -4.36. The molecule has 3 aliphatic heterocycles. The molecule has 24 heteroatoms. The Balaban J connectivity index is 1.25. The third-order valence-corrected chi connectivity index (χ3v) is 19.6. The first kappa shape index (κ1) is 80.8. The van der Waals surface area contributed by atoms with E-state index in [0.717, 1.165) is 50.5 Å². The number of ether oxygens (including phenoxy) is 5. The molecule has 10 atom stereocenters. The number of amides is 9. The van der Waals surface area contributed by atoms with Gasteiger partial charge in [-0.1, -0.05) is 113 Å². The van der Waals surface area contributed by atoms with Crippen molar-refractivity contribution >= 4 is 53.2 Å². The summed E-state index contributed by atoms with van der Waals surface area (Å²) >= 11 is 0. The lowest BCUT2D eigenvalue weighted by molar-refractivity contribution is -0.199. The second kappa shape index (κ2) is 41.5. The predicted molar refractivity (Wildman–Crippen MR) is 358 cm³/mol. The molecule has 1 aromatic carbocycles. The summed E-state index contributed by atoms with van der Waals surface area (Å²) in [6.07, 6.45) is 7.70. The van der Waals surface area contributed by atoms with Crippen LogP contribution in [-0.2, 0) is 84.5 Å². The monoisotopic (exact) mass is 1330 g/mol. The highest BCUT2D eigenvalue weighted by Gasteiger charge is 2.48. The maximum absolute atomic E-state index is 14.8. The number of nitrogens with one attached hydrogen (secondary N) is 4. The van der Waals surface area contributed by atoms with Crippen molar-refractivity contribution in [3.05, 3.63) is 35.4 Å². The predicted octanol–water partition coefficient (Wildman–Crippen LogP) is 6.20. The van der Waals surface area contributed by atoms with E-state index in [1.54, 1.807) is 30.8 Å². The molecule has 4 N–H and O–H groups in total. The zero-order valence-electron chi connectivity index (χ0n) is 59.7. The lowest BCUT2D eigenvalue weighted by atomic mass is 9.72. The minimum absolute atomic E-state index is 0.000590. The van der Waals surface area contributed by atoms with Gasteiger partial charge in [0.2, 0.25) is 47.3 Å². The average Bonchev–Trinajstić information content (AvgIpc) is 1.64. The number of hydroxylamine groups is 2. The van der Waals surface area contributed by atoms with Crippen LogP contribution in [0.25, 0.3) is 0 Å². The number of nitrogens with zero attached hydrogens (tertiary/aromatic N) is 5. The number of methoxy groups -OCH3 is 2. The van der Waals surface area contributed by atoms with Gasteiger partial charge in [0.05, 0.1) is 108 Å². The van der Waals surface area contributed by atoms with E-state index in [4.69, 9.17) is 28.5 Å². The lowest BCUT2D eigenvalue weighted by Gasteiger charge is -2.41. The number of imide groups is 1. The highest BCUT2D eigenvalue weighted by atomic mass is 16.7.